The number of piperazine rings is 1. The van der Waals surface area contributed by atoms with E-state index in [-0.39, 0.29) is 17.9 Å². The van der Waals surface area contributed by atoms with E-state index in [2.05, 4.69) is 15.0 Å². The number of aromatic nitrogens is 3. The number of hydrogen-bond donors (Lipinski definition) is 1. The number of carbonyl (C=O) groups is 2. The second-order valence-corrected chi connectivity index (χ2v) is 6.27. The summed E-state index contributed by atoms with van der Waals surface area (Å²) in [5, 5.41) is 4.26. The molecule has 1 saturated heterocycles. The van der Waals surface area contributed by atoms with E-state index in [0.717, 1.165) is 5.82 Å². The highest BCUT2D eigenvalue weighted by molar-refractivity contribution is 5.82. The number of carbonyl (C=O) groups excluding carboxylic acids is 2. The first-order chi connectivity index (χ1) is 10.8. The highest BCUT2D eigenvalue weighted by Crippen LogP contribution is 2.14. The maximum Gasteiger partial charge on any atom is 0.236 e. The van der Waals surface area contributed by atoms with Gasteiger partial charge in [0.25, 0.3) is 0 Å². The van der Waals surface area contributed by atoms with E-state index in [1.807, 2.05) is 27.7 Å². The lowest BCUT2D eigenvalue weighted by Crippen LogP contribution is -2.61. The lowest BCUT2D eigenvalue weighted by molar-refractivity contribution is -0.138. The normalized spacial score (nSPS) is 19.3. The molecule has 23 heavy (non-hydrogen) atoms. The first kappa shape index (κ1) is 17.4. The predicted molar refractivity (Wildman–Crippen MR) is 85.5 cm³/mol. The summed E-state index contributed by atoms with van der Waals surface area (Å²) < 4.78 is 1.74. The van der Waals surface area contributed by atoms with Gasteiger partial charge in [-0.05, 0) is 27.7 Å². The Kier molecular flexibility index (Phi) is 5.35. The predicted octanol–water partition coefficient (Wildman–Crippen LogP) is -0.308. The fraction of sp³-hybridized carbons (Fsp3) is 0.733. The fourth-order valence-electron chi connectivity index (χ4n) is 3.03. The first-order valence-corrected chi connectivity index (χ1v) is 8.00. The fourth-order valence-corrected chi connectivity index (χ4v) is 3.03. The van der Waals surface area contributed by atoms with Gasteiger partial charge >= 0.3 is 0 Å². The van der Waals surface area contributed by atoms with Crippen molar-refractivity contribution in [2.75, 3.05) is 19.6 Å². The Morgan fingerprint density at radius 3 is 2.52 bits per heavy atom. The molecule has 1 aliphatic rings. The van der Waals surface area contributed by atoms with Crippen molar-refractivity contribution >= 4 is 11.8 Å². The third kappa shape index (κ3) is 4.07. The van der Waals surface area contributed by atoms with Gasteiger partial charge in [-0.3, -0.25) is 14.5 Å². The number of amides is 2. The molecule has 1 aliphatic heterocycles. The molecule has 1 aromatic rings. The zero-order chi connectivity index (χ0) is 17.1. The third-order valence-electron chi connectivity index (χ3n) is 4.27. The molecular formula is C15H26N6O2. The molecule has 0 bridgehead atoms. The monoisotopic (exact) mass is 322 g/mol. The van der Waals surface area contributed by atoms with Crippen LogP contribution in [0.2, 0.25) is 0 Å². The van der Waals surface area contributed by atoms with Crippen LogP contribution < -0.4 is 5.73 Å². The lowest BCUT2D eigenvalue weighted by Gasteiger charge is -2.42. The number of nitrogens with zero attached hydrogens (tertiary/aromatic N) is 5. The van der Waals surface area contributed by atoms with Gasteiger partial charge in [0, 0.05) is 32.1 Å². The molecule has 2 heterocycles. The van der Waals surface area contributed by atoms with Crippen molar-refractivity contribution in [3.05, 3.63) is 11.6 Å². The Morgan fingerprint density at radius 2 is 2.00 bits per heavy atom. The van der Waals surface area contributed by atoms with E-state index in [0.29, 0.717) is 38.4 Å². The van der Waals surface area contributed by atoms with Gasteiger partial charge in [0.15, 0.2) is 0 Å². The molecule has 128 valence electrons. The number of aryl methyl sites for hydroxylation is 3. The molecule has 0 saturated carbocycles. The van der Waals surface area contributed by atoms with E-state index in [1.165, 1.54) is 0 Å². The van der Waals surface area contributed by atoms with Crippen molar-refractivity contribution in [3.63, 3.8) is 0 Å². The van der Waals surface area contributed by atoms with Gasteiger partial charge in [-0.15, -0.1) is 0 Å². The minimum atomic E-state index is -0.414. The van der Waals surface area contributed by atoms with Gasteiger partial charge in [0.1, 0.15) is 17.7 Å². The Bertz CT molecular complexity index is 583. The molecule has 0 aromatic carbocycles. The number of rotatable bonds is 5. The van der Waals surface area contributed by atoms with Crippen molar-refractivity contribution in [1.29, 1.82) is 0 Å². The quantitative estimate of drug-likeness (QED) is 0.802. The molecule has 0 aliphatic carbocycles. The molecule has 0 unspecified atom stereocenters. The summed E-state index contributed by atoms with van der Waals surface area (Å²) in [5.74, 6) is 1.15. The van der Waals surface area contributed by atoms with E-state index in [1.54, 1.807) is 9.58 Å². The molecule has 2 N–H and O–H groups in total. The van der Waals surface area contributed by atoms with E-state index in [4.69, 9.17) is 5.73 Å². The summed E-state index contributed by atoms with van der Waals surface area (Å²) in [7, 11) is 0. The molecule has 1 fully saturated rings. The largest absolute Gasteiger partial charge is 0.368 e. The molecule has 8 heteroatoms. The Hall–Kier alpha value is -1.96. The summed E-state index contributed by atoms with van der Waals surface area (Å²) in [6.45, 7) is 9.91. The van der Waals surface area contributed by atoms with Crippen LogP contribution in [0.15, 0.2) is 0 Å². The summed E-state index contributed by atoms with van der Waals surface area (Å²) >= 11 is 0. The highest BCUT2D eigenvalue weighted by Gasteiger charge is 2.34. The molecular weight excluding hydrogens is 296 g/mol. The number of nitrogens with two attached hydrogens (primary N) is 1. The van der Waals surface area contributed by atoms with Crippen LogP contribution in [0.1, 0.15) is 31.9 Å². The standard InChI is InChI=1S/C15H26N6O2/c1-10(2)20-8-7-19(9-13(20)15(16)23)14(22)5-6-21-12(4)17-11(3)18-21/h10,13H,5-9H2,1-4H3,(H2,16,23)/t13-/m0/s1. The summed E-state index contributed by atoms with van der Waals surface area (Å²) in [6, 6.07) is -0.187. The van der Waals surface area contributed by atoms with Gasteiger partial charge in [0.05, 0.1) is 6.54 Å². The maximum absolute atomic E-state index is 12.4. The zero-order valence-electron chi connectivity index (χ0n) is 14.3. The van der Waals surface area contributed by atoms with Gasteiger partial charge < -0.3 is 10.6 Å². The van der Waals surface area contributed by atoms with Crippen LogP contribution in [-0.2, 0) is 16.1 Å². The van der Waals surface area contributed by atoms with Gasteiger partial charge in [-0.1, -0.05) is 0 Å². The average molecular weight is 322 g/mol. The third-order valence-corrected chi connectivity index (χ3v) is 4.27. The Morgan fingerprint density at radius 1 is 1.30 bits per heavy atom. The first-order valence-electron chi connectivity index (χ1n) is 8.00. The topological polar surface area (TPSA) is 97.4 Å². The van der Waals surface area contributed by atoms with Gasteiger partial charge in [0.2, 0.25) is 11.8 Å². The van der Waals surface area contributed by atoms with Crippen molar-refractivity contribution in [2.24, 2.45) is 5.73 Å². The van der Waals surface area contributed by atoms with Crippen molar-refractivity contribution in [1.82, 2.24) is 24.6 Å². The molecule has 2 rings (SSSR count). The molecule has 8 nitrogen and oxygen atoms in total. The van der Waals surface area contributed by atoms with Crippen LogP contribution in [0.25, 0.3) is 0 Å². The van der Waals surface area contributed by atoms with Crippen LogP contribution in [0.5, 0.6) is 0 Å². The molecule has 0 spiro atoms. The molecule has 1 atom stereocenters. The molecule has 0 radical (unpaired) electrons. The Balaban J connectivity index is 1.95. The zero-order valence-corrected chi connectivity index (χ0v) is 14.3. The number of hydrogen-bond acceptors (Lipinski definition) is 5. The minimum Gasteiger partial charge on any atom is -0.368 e. The summed E-state index contributed by atoms with van der Waals surface area (Å²) in [4.78, 5) is 32.1. The molecule has 1 aromatic heterocycles. The molecule has 2 amide bonds. The highest BCUT2D eigenvalue weighted by atomic mass is 16.2. The Labute approximate surface area is 136 Å². The number of primary amides is 1. The summed E-state index contributed by atoms with van der Waals surface area (Å²) in [6.07, 6.45) is 0.344. The van der Waals surface area contributed by atoms with Crippen LogP contribution in [0.3, 0.4) is 0 Å². The van der Waals surface area contributed by atoms with Crippen molar-refractivity contribution in [3.8, 4) is 0 Å². The second-order valence-electron chi connectivity index (χ2n) is 6.27. The SMILES string of the molecule is Cc1nc(C)n(CCC(=O)N2CCN(C(C)C)[C@H](C(N)=O)C2)n1. The van der Waals surface area contributed by atoms with E-state index >= 15 is 0 Å². The smallest absolute Gasteiger partial charge is 0.236 e. The van der Waals surface area contributed by atoms with Crippen LogP contribution >= 0.6 is 0 Å². The second kappa shape index (κ2) is 7.08. The van der Waals surface area contributed by atoms with Gasteiger partial charge in [-0.2, -0.15) is 5.10 Å². The van der Waals surface area contributed by atoms with Gasteiger partial charge in [-0.25, -0.2) is 9.67 Å². The van der Waals surface area contributed by atoms with Crippen LogP contribution in [0, 0.1) is 13.8 Å². The van der Waals surface area contributed by atoms with Crippen LogP contribution in [-0.4, -0.2) is 68.1 Å². The van der Waals surface area contributed by atoms with E-state index < -0.39 is 6.04 Å². The van der Waals surface area contributed by atoms with Crippen molar-refractivity contribution in [2.45, 2.75) is 52.7 Å². The minimum absolute atomic E-state index is 0.0206. The van der Waals surface area contributed by atoms with Crippen molar-refractivity contribution < 1.29 is 9.59 Å². The summed E-state index contributed by atoms with van der Waals surface area (Å²) in [5.41, 5.74) is 5.50. The maximum atomic E-state index is 12.4. The lowest BCUT2D eigenvalue weighted by atomic mass is 10.1. The van der Waals surface area contributed by atoms with E-state index in [9.17, 15) is 9.59 Å². The van der Waals surface area contributed by atoms with Crippen LogP contribution in [0.4, 0.5) is 0 Å². The average Bonchev–Trinajstić information content (AvgIpc) is 2.81.